The molecule has 0 radical (unpaired) electrons. The minimum atomic E-state index is 0.818. The van der Waals surface area contributed by atoms with E-state index in [9.17, 15) is 0 Å². The maximum absolute atomic E-state index is 5.66. The lowest BCUT2D eigenvalue weighted by Crippen LogP contribution is -2.16. The molecule has 0 unspecified atom stereocenters. The number of nitrogens with one attached hydrogen (secondary N) is 1. The van der Waals surface area contributed by atoms with E-state index in [2.05, 4.69) is 49.5 Å². The van der Waals surface area contributed by atoms with Gasteiger partial charge in [0.05, 0.1) is 0 Å². The average Bonchev–Trinajstić information content (AvgIpc) is 2.41. The summed E-state index contributed by atoms with van der Waals surface area (Å²) in [6.45, 7) is 6.21. The van der Waals surface area contributed by atoms with Gasteiger partial charge in [0.15, 0.2) is 0 Å². The van der Waals surface area contributed by atoms with Crippen LogP contribution in [0.4, 0.5) is 5.69 Å². The van der Waals surface area contributed by atoms with Crippen molar-refractivity contribution in [1.82, 2.24) is 5.32 Å². The molecule has 2 heteroatoms. The van der Waals surface area contributed by atoms with Gasteiger partial charge >= 0.3 is 0 Å². The van der Waals surface area contributed by atoms with Gasteiger partial charge in [-0.3, -0.25) is 0 Å². The standard InChI is InChI=1S/C17H22N2/c1-13-3-4-15(11-14(13)2)9-10-19-12-16-5-7-17(18)8-6-16/h3-8,11,19H,9-10,12,18H2,1-2H3. The molecule has 0 aliphatic heterocycles. The molecule has 0 aliphatic carbocycles. The van der Waals surface area contributed by atoms with Gasteiger partial charge in [-0.1, -0.05) is 30.3 Å². The van der Waals surface area contributed by atoms with Crippen LogP contribution >= 0.6 is 0 Å². The van der Waals surface area contributed by atoms with E-state index < -0.39 is 0 Å². The lowest BCUT2D eigenvalue weighted by atomic mass is 10.0. The SMILES string of the molecule is Cc1ccc(CCNCc2ccc(N)cc2)cc1C. The monoisotopic (exact) mass is 254 g/mol. The predicted molar refractivity (Wildman–Crippen MR) is 82.2 cm³/mol. The molecule has 2 rings (SSSR count). The van der Waals surface area contributed by atoms with Gasteiger partial charge in [-0.25, -0.2) is 0 Å². The van der Waals surface area contributed by atoms with Gasteiger partial charge in [0.2, 0.25) is 0 Å². The summed E-state index contributed by atoms with van der Waals surface area (Å²) in [6.07, 6.45) is 1.07. The van der Waals surface area contributed by atoms with Crippen molar-refractivity contribution in [2.24, 2.45) is 0 Å². The number of benzene rings is 2. The van der Waals surface area contributed by atoms with Crippen LogP contribution in [0, 0.1) is 13.8 Å². The number of nitrogen functional groups attached to an aromatic ring is 1. The molecule has 0 aromatic heterocycles. The van der Waals surface area contributed by atoms with Gasteiger partial charge in [-0.05, 0) is 61.2 Å². The zero-order valence-corrected chi connectivity index (χ0v) is 11.7. The Morgan fingerprint density at radius 2 is 1.58 bits per heavy atom. The minimum absolute atomic E-state index is 0.818. The van der Waals surface area contributed by atoms with Crippen LogP contribution in [0.5, 0.6) is 0 Å². The molecule has 0 saturated carbocycles. The largest absolute Gasteiger partial charge is 0.399 e. The second-order valence-corrected chi connectivity index (χ2v) is 5.09. The van der Waals surface area contributed by atoms with E-state index in [1.165, 1.54) is 22.3 Å². The Kier molecular flexibility index (Phi) is 4.58. The molecule has 2 aromatic carbocycles. The van der Waals surface area contributed by atoms with Crippen LogP contribution in [0.3, 0.4) is 0 Å². The van der Waals surface area contributed by atoms with Crippen LogP contribution in [-0.2, 0) is 13.0 Å². The topological polar surface area (TPSA) is 38.0 Å². The van der Waals surface area contributed by atoms with Crippen molar-refractivity contribution in [2.45, 2.75) is 26.8 Å². The maximum Gasteiger partial charge on any atom is 0.0314 e. The van der Waals surface area contributed by atoms with E-state index in [4.69, 9.17) is 5.73 Å². The number of rotatable bonds is 5. The van der Waals surface area contributed by atoms with Crippen LogP contribution in [0.1, 0.15) is 22.3 Å². The second-order valence-electron chi connectivity index (χ2n) is 5.09. The first-order chi connectivity index (χ1) is 9.15. The van der Waals surface area contributed by atoms with Crippen molar-refractivity contribution in [3.63, 3.8) is 0 Å². The molecule has 0 saturated heterocycles. The molecule has 0 fully saturated rings. The average molecular weight is 254 g/mol. The summed E-state index contributed by atoms with van der Waals surface area (Å²) in [5, 5.41) is 3.46. The molecule has 0 atom stereocenters. The summed E-state index contributed by atoms with van der Waals surface area (Å²) >= 11 is 0. The highest BCUT2D eigenvalue weighted by Gasteiger charge is 1.97. The van der Waals surface area contributed by atoms with Crippen molar-refractivity contribution in [2.75, 3.05) is 12.3 Å². The van der Waals surface area contributed by atoms with Crippen molar-refractivity contribution in [3.05, 3.63) is 64.7 Å². The molecule has 2 aromatic rings. The third kappa shape index (κ3) is 4.11. The van der Waals surface area contributed by atoms with E-state index in [1.807, 2.05) is 12.1 Å². The third-order valence-corrected chi connectivity index (χ3v) is 3.47. The Morgan fingerprint density at radius 1 is 0.895 bits per heavy atom. The summed E-state index contributed by atoms with van der Waals surface area (Å²) < 4.78 is 0. The Balaban J connectivity index is 1.77. The van der Waals surface area contributed by atoms with Crippen LogP contribution < -0.4 is 11.1 Å². The van der Waals surface area contributed by atoms with E-state index in [0.29, 0.717) is 0 Å². The first-order valence-corrected chi connectivity index (χ1v) is 6.76. The van der Waals surface area contributed by atoms with Gasteiger partial charge in [-0.2, -0.15) is 0 Å². The van der Waals surface area contributed by atoms with Crippen molar-refractivity contribution >= 4 is 5.69 Å². The molecule has 3 N–H and O–H groups in total. The number of hydrogen-bond donors (Lipinski definition) is 2. The Morgan fingerprint density at radius 3 is 2.26 bits per heavy atom. The van der Waals surface area contributed by atoms with Crippen LogP contribution in [-0.4, -0.2) is 6.54 Å². The fraction of sp³-hybridized carbons (Fsp3) is 0.294. The van der Waals surface area contributed by atoms with Crippen LogP contribution in [0.2, 0.25) is 0 Å². The lowest BCUT2D eigenvalue weighted by molar-refractivity contribution is 0.687. The van der Waals surface area contributed by atoms with Crippen LogP contribution in [0.25, 0.3) is 0 Å². The first kappa shape index (κ1) is 13.6. The van der Waals surface area contributed by atoms with E-state index in [-0.39, 0.29) is 0 Å². The smallest absolute Gasteiger partial charge is 0.0314 e. The summed E-state index contributed by atoms with van der Waals surface area (Å²) in [5.41, 5.74) is 11.9. The van der Waals surface area contributed by atoms with Gasteiger partial charge in [-0.15, -0.1) is 0 Å². The van der Waals surface area contributed by atoms with E-state index >= 15 is 0 Å². The molecule has 0 bridgehead atoms. The molecule has 0 amide bonds. The minimum Gasteiger partial charge on any atom is -0.399 e. The highest BCUT2D eigenvalue weighted by atomic mass is 14.8. The fourth-order valence-corrected chi connectivity index (χ4v) is 2.06. The Hall–Kier alpha value is -1.80. The summed E-state index contributed by atoms with van der Waals surface area (Å²) in [7, 11) is 0. The molecule has 19 heavy (non-hydrogen) atoms. The van der Waals surface area contributed by atoms with Gasteiger partial charge < -0.3 is 11.1 Å². The number of anilines is 1. The van der Waals surface area contributed by atoms with Crippen molar-refractivity contribution < 1.29 is 0 Å². The number of nitrogens with two attached hydrogens (primary N) is 1. The highest BCUT2D eigenvalue weighted by Crippen LogP contribution is 2.10. The zero-order chi connectivity index (χ0) is 13.7. The van der Waals surface area contributed by atoms with E-state index in [0.717, 1.165) is 25.2 Å². The fourth-order valence-electron chi connectivity index (χ4n) is 2.06. The Bertz CT molecular complexity index is 529. The lowest BCUT2D eigenvalue weighted by Gasteiger charge is -2.07. The van der Waals surface area contributed by atoms with Gasteiger partial charge in [0, 0.05) is 12.2 Å². The van der Waals surface area contributed by atoms with Gasteiger partial charge in [0.1, 0.15) is 0 Å². The molecule has 0 aliphatic rings. The third-order valence-electron chi connectivity index (χ3n) is 3.47. The molecule has 2 nitrogen and oxygen atoms in total. The van der Waals surface area contributed by atoms with Crippen molar-refractivity contribution in [3.8, 4) is 0 Å². The number of hydrogen-bond acceptors (Lipinski definition) is 2. The van der Waals surface area contributed by atoms with Crippen molar-refractivity contribution in [1.29, 1.82) is 0 Å². The molecular weight excluding hydrogens is 232 g/mol. The number of aryl methyl sites for hydroxylation is 2. The quantitative estimate of drug-likeness (QED) is 0.635. The Labute approximate surface area is 115 Å². The van der Waals surface area contributed by atoms with E-state index in [1.54, 1.807) is 0 Å². The highest BCUT2D eigenvalue weighted by molar-refractivity contribution is 5.39. The summed E-state index contributed by atoms with van der Waals surface area (Å²) in [5.74, 6) is 0. The summed E-state index contributed by atoms with van der Waals surface area (Å²) in [4.78, 5) is 0. The molecule has 0 spiro atoms. The van der Waals surface area contributed by atoms with Crippen LogP contribution in [0.15, 0.2) is 42.5 Å². The normalized spacial score (nSPS) is 10.6. The molecule has 0 heterocycles. The molecular formula is C17H22N2. The maximum atomic E-state index is 5.66. The first-order valence-electron chi connectivity index (χ1n) is 6.76. The summed E-state index contributed by atoms with van der Waals surface area (Å²) in [6, 6.07) is 14.7. The zero-order valence-electron chi connectivity index (χ0n) is 11.7. The second kappa shape index (κ2) is 6.39. The predicted octanol–water partition coefficient (Wildman–Crippen LogP) is 3.22. The molecule has 100 valence electrons. The van der Waals surface area contributed by atoms with Gasteiger partial charge in [0.25, 0.3) is 0 Å².